The molecular weight excluding hydrogens is 183 g/mol. The Morgan fingerprint density at radius 3 is 2.29 bits per heavy atom. The molecule has 0 unspecified atom stereocenters. The number of aliphatic carboxylic acids is 1. The molecule has 0 aliphatic rings. The zero-order valence-corrected chi connectivity index (χ0v) is 5.53. The fourth-order valence-corrected chi connectivity index (χ4v) is 0.140. The van der Waals surface area contributed by atoms with Crippen molar-refractivity contribution in [2.75, 3.05) is 0 Å². The predicted octanol–water partition coefficient (Wildman–Crippen LogP) is 1.55. The van der Waals surface area contributed by atoms with Gasteiger partial charge in [-0.15, -0.1) is 0 Å². The predicted molar refractivity (Wildman–Crippen MR) is 30.5 cm³/mol. The van der Waals surface area contributed by atoms with E-state index in [1.165, 1.54) is 0 Å². The van der Waals surface area contributed by atoms with Crippen LogP contribution in [0, 0.1) is 0 Å². The van der Waals surface area contributed by atoms with Crippen LogP contribution in [0.15, 0.2) is 10.0 Å². The van der Waals surface area contributed by atoms with Crippen molar-refractivity contribution < 1.29 is 9.90 Å². The summed E-state index contributed by atoms with van der Waals surface area (Å²) in [7, 11) is 0. The first-order chi connectivity index (χ1) is 3.18. The standard InChI is InChI=1S/C3H2BrClO2/c4-2(1-5)3(6)7/h1H,(H,6,7)/b2-1-. The first-order valence-electron chi connectivity index (χ1n) is 1.37. The minimum atomic E-state index is -1.06. The van der Waals surface area contributed by atoms with E-state index in [0.717, 1.165) is 5.54 Å². The van der Waals surface area contributed by atoms with E-state index < -0.39 is 5.97 Å². The van der Waals surface area contributed by atoms with E-state index in [0.29, 0.717) is 0 Å². The Bertz CT molecular complexity index is 110. The summed E-state index contributed by atoms with van der Waals surface area (Å²) in [6, 6.07) is 0. The quantitative estimate of drug-likeness (QED) is 0.629. The molecule has 0 saturated heterocycles. The minimum Gasteiger partial charge on any atom is -0.477 e. The van der Waals surface area contributed by atoms with Gasteiger partial charge in [-0.3, -0.25) is 0 Å². The Balaban J connectivity index is 3.82. The summed E-state index contributed by atoms with van der Waals surface area (Å²) >= 11 is 7.63. The molecule has 0 bridgehead atoms. The molecule has 0 aromatic heterocycles. The lowest BCUT2D eigenvalue weighted by molar-refractivity contribution is -0.131. The molecule has 4 heteroatoms. The Labute approximate surface area is 53.9 Å². The number of hydrogen-bond donors (Lipinski definition) is 1. The molecule has 0 radical (unpaired) electrons. The first-order valence-corrected chi connectivity index (χ1v) is 2.60. The minimum absolute atomic E-state index is 0.0332. The molecular formula is C3H2BrClO2. The third kappa shape index (κ3) is 2.65. The topological polar surface area (TPSA) is 37.3 Å². The van der Waals surface area contributed by atoms with E-state index in [2.05, 4.69) is 15.9 Å². The summed E-state index contributed by atoms with van der Waals surface area (Å²) in [5.41, 5.74) is 0.947. The van der Waals surface area contributed by atoms with Crippen molar-refractivity contribution >= 4 is 33.5 Å². The average molecular weight is 185 g/mol. The third-order valence-corrected chi connectivity index (χ3v) is 1.35. The van der Waals surface area contributed by atoms with E-state index >= 15 is 0 Å². The average Bonchev–Trinajstić information content (AvgIpc) is 1.65. The molecule has 0 spiro atoms. The lowest BCUT2D eigenvalue weighted by Crippen LogP contribution is -1.90. The Hall–Kier alpha value is -0.0200. The van der Waals surface area contributed by atoms with Crippen molar-refractivity contribution in [3.63, 3.8) is 0 Å². The summed E-state index contributed by atoms with van der Waals surface area (Å²) in [4.78, 5) is 9.73. The van der Waals surface area contributed by atoms with E-state index in [9.17, 15) is 4.79 Å². The van der Waals surface area contributed by atoms with Crippen LogP contribution < -0.4 is 0 Å². The second kappa shape index (κ2) is 3.04. The number of carboxylic acid groups (broad SMARTS) is 1. The van der Waals surface area contributed by atoms with Gasteiger partial charge in [0.15, 0.2) is 0 Å². The van der Waals surface area contributed by atoms with Gasteiger partial charge in [-0.25, -0.2) is 4.79 Å². The number of carboxylic acids is 1. The zero-order chi connectivity index (χ0) is 5.86. The van der Waals surface area contributed by atoms with Gasteiger partial charge in [0.05, 0.1) is 0 Å². The van der Waals surface area contributed by atoms with Crippen LogP contribution in [0.1, 0.15) is 0 Å². The molecule has 0 aromatic rings. The highest BCUT2D eigenvalue weighted by molar-refractivity contribution is 9.12. The summed E-state index contributed by atoms with van der Waals surface area (Å²) < 4.78 is -0.0332. The fourth-order valence-electron chi connectivity index (χ4n) is 0.0467. The van der Waals surface area contributed by atoms with Crippen molar-refractivity contribution in [2.45, 2.75) is 0 Å². The largest absolute Gasteiger partial charge is 0.477 e. The molecule has 0 aromatic carbocycles. The zero-order valence-electron chi connectivity index (χ0n) is 3.19. The van der Waals surface area contributed by atoms with E-state index in [1.54, 1.807) is 0 Å². The van der Waals surface area contributed by atoms with E-state index in [1.807, 2.05) is 0 Å². The molecule has 0 heterocycles. The van der Waals surface area contributed by atoms with Crippen molar-refractivity contribution in [1.82, 2.24) is 0 Å². The lowest BCUT2D eigenvalue weighted by atomic mass is 10.7. The first kappa shape index (κ1) is 6.98. The van der Waals surface area contributed by atoms with Gasteiger partial charge in [0, 0.05) is 5.54 Å². The molecule has 0 amide bonds. The van der Waals surface area contributed by atoms with Gasteiger partial charge in [0.2, 0.25) is 0 Å². The fraction of sp³-hybridized carbons (Fsp3) is 0. The van der Waals surface area contributed by atoms with Crippen molar-refractivity contribution in [2.24, 2.45) is 0 Å². The second-order valence-electron chi connectivity index (χ2n) is 0.762. The lowest BCUT2D eigenvalue weighted by Gasteiger charge is -1.80. The maximum absolute atomic E-state index is 9.73. The highest BCUT2D eigenvalue weighted by atomic mass is 79.9. The molecule has 2 nitrogen and oxygen atoms in total. The van der Waals surface area contributed by atoms with Crippen LogP contribution in [0.25, 0.3) is 0 Å². The van der Waals surface area contributed by atoms with Crippen molar-refractivity contribution in [3.05, 3.63) is 10.0 Å². The van der Waals surface area contributed by atoms with Crippen LogP contribution in [0.2, 0.25) is 0 Å². The smallest absolute Gasteiger partial charge is 0.343 e. The summed E-state index contributed by atoms with van der Waals surface area (Å²) in [5.74, 6) is -1.06. The van der Waals surface area contributed by atoms with Crippen LogP contribution in [0.5, 0.6) is 0 Å². The Morgan fingerprint density at radius 1 is 1.86 bits per heavy atom. The third-order valence-electron chi connectivity index (χ3n) is 0.300. The van der Waals surface area contributed by atoms with Crippen LogP contribution in [-0.4, -0.2) is 11.1 Å². The maximum atomic E-state index is 9.73. The highest BCUT2D eigenvalue weighted by Gasteiger charge is 1.97. The highest BCUT2D eigenvalue weighted by Crippen LogP contribution is 2.04. The van der Waals surface area contributed by atoms with Gasteiger partial charge in [-0.2, -0.15) is 0 Å². The van der Waals surface area contributed by atoms with Crippen molar-refractivity contribution in [1.29, 1.82) is 0 Å². The van der Waals surface area contributed by atoms with Gasteiger partial charge in [0.25, 0.3) is 0 Å². The van der Waals surface area contributed by atoms with Crippen LogP contribution >= 0.6 is 27.5 Å². The molecule has 7 heavy (non-hydrogen) atoms. The van der Waals surface area contributed by atoms with Gasteiger partial charge in [-0.1, -0.05) is 11.6 Å². The molecule has 0 aliphatic carbocycles. The van der Waals surface area contributed by atoms with Gasteiger partial charge < -0.3 is 5.11 Å². The molecule has 0 fully saturated rings. The number of carbonyl (C=O) groups is 1. The summed E-state index contributed by atoms with van der Waals surface area (Å²) in [6.07, 6.45) is 0. The Kier molecular flexibility index (Phi) is 3.04. The van der Waals surface area contributed by atoms with Gasteiger partial charge in [0.1, 0.15) is 4.48 Å². The van der Waals surface area contributed by atoms with Crippen LogP contribution in [0.4, 0.5) is 0 Å². The molecule has 0 atom stereocenters. The Morgan fingerprint density at radius 2 is 2.29 bits per heavy atom. The van der Waals surface area contributed by atoms with Crippen LogP contribution in [-0.2, 0) is 4.79 Å². The summed E-state index contributed by atoms with van der Waals surface area (Å²) in [5, 5.41) is 7.98. The number of halogens is 2. The van der Waals surface area contributed by atoms with E-state index in [-0.39, 0.29) is 4.48 Å². The van der Waals surface area contributed by atoms with Crippen LogP contribution in [0.3, 0.4) is 0 Å². The number of rotatable bonds is 1. The maximum Gasteiger partial charge on any atom is 0.343 e. The number of hydrogen-bond acceptors (Lipinski definition) is 1. The van der Waals surface area contributed by atoms with E-state index in [4.69, 9.17) is 16.7 Å². The van der Waals surface area contributed by atoms with Gasteiger partial charge in [-0.05, 0) is 15.9 Å². The monoisotopic (exact) mass is 184 g/mol. The van der Waals surface area contributed by atoms with Crippen molar-refractivity contribution in [3.8, 4) is 0 Å². The van der Waals surface area contributed by atoms with Gasteiger partial charge >= 0.3 is 5.97 Å². The SMILES string of the molecule is O=C(O)/C(Br)=C/Cl. The molecule has 0 aliphatic heterocycles. The molecule has 40 valence electrons. The normalized spacial score (nSPS) is 11.4. The molecule has 1 N–H and O–H groups in total. The molecule has 0 rings (SSSR count). The second-order valence-corrected chi connectivity index (χ2v) is 1.83. The molecule has 0 saturated carbocycles. The summed E-state index contributed by atoms with van der Waals surface area (Å²) in [6.45, 7) is 0.